The first-order chi connectivity index (χ1) is 9.19. The minimum absolute atomic E-state index is 0.191. The van der Waals surface area contributed by atoms with Gasteiger partial charge in [-0.3, -0.25) is 4.79 Å². The van der Waals surface area contributed by atoms with Crippen LogP contribution in [0, 0.1) is 5.82 Å². The number of unbranched alkanes of at least 4 members (excludes halogenated alkanes) is 1. The number of ether oxygens (including phenoxy) is 1. The number of hydrogen-bond acceptors (Lipinski definition) is 4. The quantitative estimate of drug-likeness (QED) is 0.706. The van der Waals surface area contributed by atoms with Gasteiger partial charge in [-0.2, -0.15) is 0 Å². The Morgan fingerprint density at radius 2 is 2.26 bits per heavy atom. The summed E-state index contributed by atoms with van der Waals surface area (Å²) in [5.74, 6) is -0.551. The Morgan fingerprint density at radius 3 is 2.95 bits per heavy atom. The van der Waals surface area contributed by atoms with E-state index in [2.05, 4.69) is 22.5 Å². The lowest BCUT2D eigenvalue weighted by Gasteiger charge is -2.09. The fraction of sp³-hybridized carbons (Fsp3) is 0.538. The molecule has 0 saturated carbocycles. The van der Waals surface area contributed by atoms with Crippen LogP contribution in [0.2, 0.25) is 0 Å². The molecule has 0 fully saturated rings. The molecule has 2 N–H and O–H groups in total. The molecule has 106 valence electrons. The number of pyridine rings is 1. The van der Waals surface area contributed by atoms with Crippen molar-refractivity contribution >= 4 is 11.7 Å². The molecule has 1 aromatic rings. The lowest BCUT2D eigenvalue weighted by Crippen LogP contribution is -2.28. The fourth-order valence-corrected chi connectivity index (χ4v) is 1.49. The zero-order valence-corrected chi connectivity index (χ0v) is 11.3. The number of carbonyl (C=O) groups excluding carboxylic acids is 1. The van der Waals surface area contributed by atoms with Gasteiger partial charge in [-0.1, -0.05) is 13.3 Å². The molecule has 0 spiro atoms. The van der Waals surface area contributed by atoms with Gasteiger partial charge < -0.3 is 15.4 Å². The third-order valence-corrected chi connectivity index (χ3v) is 2.51. The number of hydrogen-bond donors (Lipinski definition) is 2. The lowest BCUT2D eigenvalue weighted by molar-refractivity contribution is 0.0913. The zero-order valence-electron chi connectivity index (χ0n) is 11.3. The minimum atomic E-state index is -0.539. The van der Waals surface area contributed by atoms with Crippen LogP contribution >= 0.6 is 0 Å². The number of nitrogens with zero attached hydrogens (tertiary/aromatic N) is 1. The molecule has 0 aliphatic heterocycles. The van der Waals surface area contributed by atoms with E-state index in [-0.39, 0.29) is 11.5 Å². The van der Waals surface area contributed by atoms with Crippen molar-refractivity contribution < 1.29 is 13.9 Å². The van der Waals surface area contributed by atoms with Crippen LogP contribution in [0.3, 0.4) is 0 Å². The van der Waals surface area contributed by atoms with E-state index in [1.807, 2.05) is 0 Å². The van der Waals surface area contributed by atoms with Gasteiger partial charge >= 0.3 is 0 Å². The van der Waals surface area contributed by atoms with Crippen LogP contribution in [0.25, 0.3) is 0 Å². The Bertz CT molecular complexity index is 413. The summed E-state index contributed by atoms with van der Waals surface area (Å²) in [5.41, 5.74) is 0.191. The van der Waals surface area contributed by atoms with Crippen molar-refractivity contribution in [1.29, 1.82) is 0 Å². The zero-order chi connectivity index (χ0) is 14.1. The summed E-state index contributed by atoms with van der Waals surface area (Å²) in [6.07, 6.45) is 3.15. The topological polar surface area (TPSA) is 63.2 Å². The molecule has 1 amide bonds. The number of nitrogens with one attached hydrogen (secondary N) is 2. The summed E-state index contributed by atoms with van der Waals surface area (Å²) in [5, 5.41) is 5.42. The van der Waals surface area contributed by atoms with Gasteiger partial charge in [0, 0.05) is 20.2 Å². The molecule has 0 atom stereocenters. The maximum Gasteiger partial charge on any atom is 0.255 e. The molecule has 0 aromatic carbocycles. The second-order valence-electron chi connectivity index (χ2n) is 4.02. The van der Waals surface area contributed by atoms with Gasteiger partial charge in [-0.05, 0) is 12.5 Å². The average molecular weight is 269 g/mol. The largest absolute Gasteiger partial charge is 0.380 e. The van der Waals surface area contributed by atoms with Crippen molar-refractivity contribution in [3.05, 3.63) is 23.6 Å². The first kappa shape index (κ1) is 15.4. The summed E-state index contributed by atoms with van der Waals surface area (Å²) in [6.45, 7) is 3.61. The van der Waals surface area contributed by atoms with E-state index in [9.17, 15) is 9.18 Å². The highest BCUT2D eigenvalue weighted by Gasteiger charge is 2.12. The van der Waals surface area contributed by atoms with Gasteiger partial charge in [0.05, 0.1) is 18.4 Å². The van der Waals surface area contributed by atoms with Gasteiger partial charge in [0.2, 0.25) is 0 Å². The van der Waals surface area contributed by atoms with Gasteiger partial charge in [0.15, 0.2) is 0 Å². The molecule has 1 heterocycles. The Labute approximate surface area is 112 Å². The first-order valence-corrected chi connectivity index (χ1v) is 6.38. The molecule has 19 heavy (non-hydrogen) atoms. The lowest BCUT2D eigenvalue weighted by atomic mass is 10.2. The Kier molecular flexibility index (Phi) is 6.81. The second-order valence-corrected chi connectivity index (χ2v) is 4.02. The standard InChI is InChI=1S/C13H20FN3O2/c1-3-4-6-19-7-5-16-13(18)11-8-10(14)9-17-12(11)15-2/h8-9H,3-7H2,1-2H3,(H,15,17)(H,16,18). The Morgan fingerprint density at radius 1 is 1.47 bits per heavy atom. The Hall–Kier alpha value is -1.69. The second kappa shape index (κ2) is 8.42. The number of aromatic nitrogens is 1. The fourth-order valence-electron chi connectivity index (χ4n) is 1.49. The molecule has 1 rings (SSSR count). The summed E-state index contributed by atoms with van der Waals surface area (Å²) < 4.78 is 18.4. The van der Waals surface area contributed by atoms with Crippen LogP contribution in [0.5, 0.6) is 0 Å². The van der Waals surface area contributed by atoms with Crippen LogP contribution in [0.15, 0.2) is 12.3 Å². The summed E-state index contributed by atoms with van der Waals surface area (Å²) >= 11 is 0. The van der Waals surface area contributed by atoms with E-state index in [0.29, 0.717) is 25.6 Å². The smallest absolute Gasteiger partial charge is 0.255 e. The minimum Gasteiger partial charge on any atom is -0.380 e. The Balaban J connectivity index is 2.43. The molecule has 6 heteroatoms. The van der Waals surface area contributed by atoms with Crippen LogP contribution in [0.4, 0.5) is 10.2 Å². The van der Waals surface area contributed by atoms with Gasteiger partial charge in [-0.25, -0.2) is 9.37 Å². The molecule has 0 saturated heterocycles. The van der Waals surface area contributed by atoms with Crippen molar-refractivity contribution in [2.75, 3.05) is 32.1 Å². The first-order valence-electron chi connectivity index (χ1n) is 6.38. The number of anilines is 1. The van der Waals surface area contributed by atoms with Gasteiger partial charge in [-0.15, -0.1) is 0 Å². The predicted molar refractivity (Wildman–Crippen MR) is 71.8 cm³/mol. The molecule has 0 aliphatic carbocycles. The molecular formula is C13H20FN3O2. The monoisotopic (exact) mass is 269 g/mol. The summed E-state index contributed by atoms with van der Waals surface area (Å²) in [4.78, 5) is 15.7. The van der Waals surface area contributed by atoms with E-state index in [1.165, 1.54) is 0 Å². The number of halogens is 1. The molecule has 0 unspecified atom stereocenters. The SMILES string of the molecule is CCCCOCCNC(=O)c1cc(F)cnc1NC. The summed E-state index contributed by atoms with van der Waals surface area (Å²) in [6, 6.07) is 1.16. The van der Waals surface area contributed by atoms with Crippen molar-refractivity contribution in [3.8, 4) is 0 Å². The van der Waals surface area contributed by atoms with Crippen LogP contribution in [0.1, 0.15) is 30.1 Å². The van der Waals surface area contributed by atoms with E-state index >= 15 is 0 Å². The number of rotatable bonds is 8. The maximum atomic E-state index is 13.1. The van der Waals surface area contributed by atoms with Crippen molar-refractivity contribution in [3.63, 3.8) is 0 Å². The molecule has 1 aromatic heterocycles. The third kappa shape index (κ3) is 5.21. The average Bonchev–Trinajstić information content (AvgIpc) is 2.42. The van der Waals surface area contributed by atoms with Crippen LogP contribution < -0.4 is 10.6 Å². The number of amides is 1. The van der Waals surface area contributed by atoms with Crippen LogP contribution in [-0.4, -0.2) is 37.7 Å². The van der Waals surface area contributed by atoms with E-state index in [0.717, 1.165) is 25.1 Å². The van der Waals surface area contributed by atoms with E-state index < -0.39 is 5.82 Å². The highest BCUT2D eigenvalue weighted by atomic mass is 19.1. The summed E-state index contributed by atoms with van der Waals surface area (Å²) in [7, 11) is 1.63. The highest BCUT2D eigenvalue weighted by Crippen LogP contribution is 2.12. The van der Waals surface area contributed by atoms with Crippen molar-refractivity contribution in [2.45, 2.75) is 19.8 Å². The predicted octanol–water partition coefficient (Wildman–Crippen LogP) is 1.81. The normalized spacial score (nSPS) is 10.3. The maximum absolute atomic E-state index is 13.1. The molecule has 0 radical (unpaired) electrons. The van der Waals surface area contributed by atoms with Crippen molar-refractivity contribution in [2.24, 2.45) is 0 Å². The van der Waals surface area contributed by atoms with Crippen molar-refractivity contribution in [1.82, 2.24) is 10.3 Å². The van der Waals surface area contributed by atoms with E-state index in [1.54, 1.807) is 7.05 Å². The molecule has 0 bridgehead atoms. The molecule has 5 nitrogen and oxygen atoms in total. The number of carbonyl (C=O) groups is 1. The highest BCUT2D eigenvalue weighted by molar-refractivity contribution is 5.98. The third-order valence-electron chi connectivity index (χ3n) is 2.51. The van der Waals surface area contributed by atoms with Crippen LogP contribution in [-0.2, 0) is 4.74 Å². The van der Waals surface area contributed by atoms with Gasteiger partial charge in [0.1, 0.15) is 11.6 Å². The molecule has 0 aliphatic rings. The van der Waals surface area contributed by atoms with E-state index in [4.69, 9.17) is 4.74 Å². The van der Waals surface area contributed by atoms with Gasteiger partial charge in [0.25, 0.3) is 5.91 Å². The molecular weight excluding hydrogens is 249 g/mol.